The molecule has 3 N–H and O–H groups in total. The van der Waals surface area contributed by atoms with E-state index in [1.54, 1.807) is 12.1 Å². The Morgan fingerprint density at radius 3 is 2.45 bits per heavy atom. The van der Waals surface area contributed by atoms with E-state index >= 15 is 0 Å². The van der Waals surface area contributed by atoms with Crippen molar-refractivity contribution in [3.05, 3.63) is 88.4 Å². The molecule has 0 unspecified atom stereocenters. The lowest BCUT2D eigenvalue weighted by Gasteiger charge is -2.08. The van der Waals surface area contributed by atoms with Crippen molar-refractivity contribution >= 4 is 27.0 Å². The summed E-state index contributed by atoms with van der Waals surface area (Å²) < 4.78 is 38.6. The maximum atomic E-state index is 13.1. The summed E-state index contributed by atoms with van der Waals surface area (Å²) >= 11 is 0. The van der Waals surface area contributed by atoms with Crippen LogP contribution in [0.2, 0.25) is 0 Å². The fraction of sp³-hybridized carbons (Fsp3) is 0.143. The molecule has 1 amide bonds. The molecule has 0 aliphatic rings. The van der Waals surface area contributed by atoms with Crippen LogP contribution in [0.25, 0.3) is 11.0 Å². The summed E-state index contributed by atoms with van der Waals surface area (Å²) in [5.41, 5.74) is 1.12. The number of rotatable bonds is 7. The molecule has 0 saturated heterocycles. The van der Waals surface area contributed by atoms with Crippen LogP contribution >= 0.6 is 0 Å². The highest BCUT2D eigenvalue weighted by Crippen LogP contribution is 2.10. The Morgan fingerprint density at radius 2 is 1.79 bits per heavy atom. The summed E-state index contributed by atoms with van der Waals surface area (Å²) in [6.45, 7) is 0.708. The van der Waals surface area contributed by atoms with E-state index in [1.807, 2.05) is 0 Å². The second-order valence-electron chi connectivity index (χ2n) is 7.23. The van der Waals surface area contributed by atoms with Gasteiger partial charge in [0.05, 0.1) is 24.2 Å². The van der Waals surface area contributed by atoms with E-state index in [4.69, 9.17) is 5.14 Å². The smallest absolute Gasteiger partial charge is 0.264 e. The van der Waals surface area contributed by atoms with Crippen LogP contribution in [0.1, 0.15) is 15.9 Å². The molecule has 12 heteroatoms. The van der Waals surface area contributed by atoms with E-state index < -0.39 is 15.9 Å². The number of nitrogens with zero attached hydrogens (tertiary/aromatic N) is 4. The second-order valence-corrected chi connectivity index (χ2v) is 8.80. The van der Waals surface area contributed by atoms with Crippen LogP contribution in [0, 0.1) is 5.82 Å². The summed E-state index contributed by atoms with van der Waals surface area (Å²) in [6.07, 6.45) is 2.82. The summed E-state index contributed by atoms with van der Waals surface area (Å²) in [5.74, 6) is -0.754. The van der Waals surface area contributed by atoms with Crippen LogP contribution in [0.3, 0.4) is 0 Å². The maximum Gasteiger partial charge on any atom is 0.264 e. The third-order valence-corrected chi connectivity index (χ3v) is 5.87. The molecule has 0 aliphatic heterocycles. The molecular formula is C21H19FN6O4S. The van der Waals surface area contributed by atoms with Gasteiger partial charge in [-0.05, 0) is 42.0 Å². The van der Waals surface area contributed by atoms with Crippen LogP contribution in [0.4, 0.5) is 4.39 Å². The minimum absolute atomic E-state index is 0.0850. The lowest BCUT2D eigenvalue weighted by molar-refractivity contribution is 0.0952. The number of benzene rings is 2. The number of fused-ring (bicyclic) bond motifs is 1. The maximum absolute atomic E-state index is 13.1. The van der Waals surface area contributed by atoms with Crippen LogP contribution in [0.15, 0.2) is 70.7 Å². The van der Waals surface area contributed by atoms with Crippen molar-refractivity contribution in [1.29, 1.82) is 0 Å². The normalized spacial score (nSPS) is 11.6. The van der Waals surface area contributed by atoms with Gasteiger partial charge in [0.25, 0.3) is 11.5 Å². The molecule has 0 saturated carbocycles. The fourth-order valence-corrected chi connectivity index (χ4v) is 3.75. The zero-order valence-electron chi connectivity index (χ0n) is 17.2. The zero-order valence-corrected chi connectivity index (χ0v) is 18.0. The van der Waals surface area contributed by atoms with Gasteiger partial charge in [-0.2, -0.15) is 5.10 Å². The highest BCUT2D eigenvalue weighted by molar-refractivity contribution is 7.89. The first-order valence-electron chi connectivity index (χ1n) is 9.79. The van der Waals surface area contributed by atoms with Gasteiger partial charge in [-0.3, -0.25) is 14.2 Å². The molecule has 2 aromatic carbocycles. The molecule has 2 aromatic heterocycles. The first kappa shape index (κ1) is 22.3. The molecule has 10 nitrogen and oxygen atoms in total. The molecule has 170 valence electrons. The summed E-state index contributed by atoms with van der Waals surface area (Å²) in [5, 5.41) is 12.3. The summed E-state index contributed by atoms with van der Waals surface area (Å²) in [7, 11) is -3.83. The van der Waals surface area contributed by atoms with Crippen molar-refractivity contribution in [3.8, 4) is 0 Å². The van der Waals surface area contributed by atoms with E-state index in [9.17, 15) is 22.4 Å². The van der Waals surface area contributed by atoms with Crippen LogP contribution in [-0.4, -0.2) is 40.2 Å². The minimum atomic E-state index is -3.83. The fourth-order valence-electron chi connectivity index (χ4n) is 3.23. The van der Waals surface area contributed by atoms with E-state index in [1.165, 1.54) is 58.2 Å². The van der Waals surface area contributed by atoms with Crippen molar-refractivity contribution in [2.45, 2.75) is 18.0 Å². The monoisotopic (exact) mass is 470 g/mol. The van der Waals surface area contributed by atoms with E-state index in [-0.39, 0.29) is 41.5 Å². The minimum Gasteiger partial charge on any atom is -0.350 e. The van der Waals surface area contributed by atoms with E-state index in [0.29, 0.717) is 11.0 Å². The molecular weight excluding hydrogens is 451 g/mol. The Kier molecular flexibility index (Phi) is 6.03. The predicted octanol–water partition coefficient (Wildman–Crippen LogP) is 0.858. The Morgan fingerprint density at radius 1 is 1.09 bits per heavy atom. The van der Waals surface area contributed by atoms with Gasteiger partial charge in [0.1, 0.15) is 17.5 Å². The highest BCUT2D eigenvalue weighted by Gasteiger charge is 2.12. The number of nitrogens with two attached hydrogens (primary N) is 1. The number of hydrogen-bond acceptors (Lipinski definition) is 6. The van der Waals surface area contributed by atoms with Gasteiger partial charge in [-0.1, -0.05) is 12.1 Å². The average molecular weight is 470 g/mol. The average Bonchev–Trinajstić information content (AvgIpc) is 3.20. The van der Waals surface area contributed by atoms with Gasteiger partial charge in [0.15, 0.2) is 5.65 Å². The van der Waals surface area contributed by atoms with E-state index in [0.717, 1.165) is 5.56 Å². The number of amides is 1. The molecule has 4 rings (SSSR count). The number of sulfonamides is 1. The van der Waals surface area contributed by atoms with Crippen molar-refractivity contribution in [1.82, 2.24) is 24.6 Å². The molecule has 0 radical (unpaired) electrons. The molecule has 0 atom stereocenters. The number of halogens is 1. The van der Waals surface area contributed by atoms with Crippen molar-refractivity contribution < 1.29 is 17.6 Å². The number of aromatic nitrogens is 4. The molecule has 0 aliphatic carbocycles. The third kappa shape index (κ3) is 4.96. The SMILES string of the molecule is NS(=O)(=O)c1ccc(C(=O)NCCn2ncc3c(=O)n(Cc4ccc(F)cc4)cnc32)cc1. The predicted molar refractivity (Wildman–Crippen MR) is 117 cm³/mol. The number of carbonyl (C=O) groups is 1. The van der Waals surface area contributed by atoms with Gasteiger partial charge < -0.3 is 5.32 Å². The molecule has 2 heterocycles. The first-order valence-corrected chi connectivity index (χ1v) is 11.3. The van der Waals surface area contributed by atoms with Gasteiger partial charge in [-0.15, -0.1) is 0 Å². The van der Waals surface area contributed by atoms with Gasteiger partial charge in [0.2, 0.25) is 10.0 Å². The Balaban J connectivity index is 1.42. The van der Waals surface area contributed by atoms with Crippen molar-refractivity contribution in [3.63, 3.8) is 0 Å². The Hall–Kier alpha value is -3.90. The Labute approximate surface area is 187 Å². The highest BCUT2D eigenvalue weighted by atomic mass is 32.2. The first-order chi connectivity index (χ1) is 15.7. The molecule has 0 bridgehead atoms. The largest absolute Gasteiger partial charge is 0.350 e. The number of hydrogen-bond donors (Lipinski definition) is 2. The summed E-state index contributed by atoms with van der Waals surface area (Å²) in [6, 6.07) is 11.1. The molecule has 33 heavy (non-hydrogen) atoms. The quantitative estimate of drug-likeness (QED) is 0.410. The lowest BCUT2D eigenvalue weighted by atomic mass is 10.2. The van der Waals surface area contributed by atoms with Gasteiger partial charge in [0, 0.05) is 12.1 Å². The van der Waals surface area contributed by atoms with Crippen LogP contribution in [-0.2, 0) is 23.1 Å². The lowest BCUT2D eigenvalue weighted by Crippen LogP contribution is -2.28. The van der Waals surface area contributed by atoms with Crippen LogP contribution < -0.4 is 16.0 Å². The van der Waals surface area contributed by atoms with Crippen LogP contribution in [0.5, 0.6) is 0 Å². The second kappa shape index (κ2) is 8.92. The zero-order chi connectivity index (χ0) is 23.6. The molecule has 0 fully saturated rings. The summed E-state index contributed by atoms with van der Waals surface area (Å²) in [4.78, 5) is 29.3. The van der Waals surface area contributed by atoms with Gasteiger partial charge in [-0.25, -0.2) is 27.6 Å². The third-order valence-electron chi connectivity index (χ3n) is 4.94. The number of primary sulfonamides is 1. The van der Waals surface area contributed by atoms with E-state index in [2.05, 4.69) is 15.4 Å². The number of nitrogens with one attached hydrogen (secondary N) is 1. The Bertz CT molecular complexity index is 1480. The number of carbonyl (C=O) groups excluding carboxylic acids is 1. The van der Waals surface area contributed by atoms with Gasteiger partial charge >= 0.3 is 0 Å². The topological polar surface area (TPSA) is 142 Å². The standard InChI is InChI=1S/C21H19FN6O4S/c22-16-5-1-14(2-6-16)12-27-13-25-19-18(21(27)30)11-26-28(19)10-9-24-20(29)15-3-7-17(8-4-15)33(23,31)32/h1-8,11,13H,9-10,12H2,(H,24,29)(H2,23,31,32). The molecule has 4 aromatic rings. The van der Waals surface area contributed by atoms with Crippen molar-refractivity contribution in [2.24, 2.45) is 5.14 Å². The molecule has 0 spiro atoms. The van der Waals surface area contributed by atoms with Crippen molar-refractivity contribution in [2.75, 3.05) is 6.54 Å².